The molecule has 3 heterocycles. The number of carbonyl (C=O) groups excluding carboxylic acids is 1. The monoisotopic (exact) mass is 464 g/mol. The number of amides is 1. The Hall–Kier alpha value is -3.33. The van der Waals surface area contributed by atoms with Crippen molar-refractivity contribution >= 4 is 29.3 Å². The largest absolute Gasteiger partial charge is 0.492 e. The Bertz CT molecular complexity index is 1140. The zero-order valence-corrected chi connectivity index (χ0v) is 19.9. The number of ether oxygens (including phenoxy) is 1. The van der Waals surface area contributed by atoms with Crippen LogP contribution < -0.4 is 15.4 Å². The standard InChI is InChI=1S/C24H28N6O2S/c1-4-6-15-33-24-28-23-26-16(3)20(21(30(23)29-24)17-11-13-25-14-12-17)22(31)27-18-9-7-8-10-19(18)32-5-2/h7-14,21H,4-6,15H2,1-3H3,(H,27,31)(H,26,28,29). The highest BCUT2D eigenvalue weighted by Gasteiger charge is 2.34. The van der Waals surface area contributed by atoms with Gasteiger partial charge in [0.2, 0.25) is 11.1 Å². The van der Waals surface area contributed by atoms with Crippen LogP contribution in [0.1, 0.15) is 45.2 Å². The topological polar surface area (TPSA) is 94.0 Å². The molecule has 1 unspecified atom stereocenters. The number of carbonyl (C=O) groups is 1. The molecule has 8 nitrogen and oxygen atoms in total. The molecule has 4 rings (SSSR count). The van der Waals surface area contributed by atoms with Crippen molar-refractivity contribution in [3.8, 4) is 5.75 Å². The van der Waals surface area contributed by atoms with Gasteiger partial charge < -0.3 is 15.4 Å². The molecular weight excluding hydrogens is 436 g/mol. The predicted octanol–water partition coefficient (Wildman–Crippen LogP) is 4.89. The second kappa shape index (κ2) is 10.5. The van der Waals surface area contributed by atoms with Gasteiger partial charge in [-0.25, -0.2) is 4.68 Å². The molecule has 3 aromatic rings. The van der Waals surface area contributed by atoms with E-state index in [1.54, 1.807) is 28.8 Å². The highest BCUT2D eigenvalue weighted by Crippen LogP contribution is 2.37. The molecule has 2 aromatic heterocycles. The molecular formula is C24H28N6O2S. The van der Waals surface area contributed by atoms with Crippen LogP contribution in [0.2, 0.25) is 0 Å². The smallest absolute Gasteiger partial charge is 0.255 e. The summed E-state index contributed by atoms with van der Waals surface area (Å²) < 4.78 is 7.48. The van der Waals surface area contributed by atoms with Gasteiger partial charge in [0.15, 0.2) is 0 Å². The SMILES string of the molecule is CCCCSc1nc2n(n1)C(c1ccncc1)C(C(=O)Nc1ccccc1OCC)=C(C)N2. The van der Waals surface area contributed by atoms with Crippen molar-refractivity contribution in [1.29, 1.82) is 0 Å². The molecule has 1 atom stereocenters. The number of hydrogen-bond acceptors (Lipinski definition) is 7. The van der Waals surface area contributed by atoms with Crippen LogP contribution in [-0.4, -0.2) is 38.0 Å². The van der Waals surface area contributed by atoms with Crippen LogP contribution in [0.25, 0.3) is 0 Å². The number of benzene rings is 1. The first-order valence-corrected chi connectivity index (χ1v) is 12.1. The van der Waals surface area contributed by atoms with Gasteiger partial charge in [-0.1, -0.05) is 37.2 Å². The number of rotatable bonds is 9. The molecule has 0 spiro atoms. The van der Waals surface area contributed by atoms with Gasteiger partial charge in [0, 0.05) is 23.8 Å². The number of para-hydroxylation sites is 2. The number of hydrogen-bond donors (Lipinski definition) is 2. The molecule has 0 radical (unpaired) electrons. The molecule has 0 saturated heterocycles. The molecule has 33 heavy (non-hydrogen) atoms. The van der Waals surface area contributed by atoms with Crippen LogP contribution in [0.15, 0.2) is 65.2 Å². The van der Waals surface area contributed by atoms with Crippen molar-refractivity contribution in [3.63, 3.8) is 0 Å². The summed E-state index contributed by atoms with van der Waals surface area (Å²) in [4.78, 5) is 22.4. The van der Waals surface area contributed by atoms with Crippen molar-refractivity contribution in [1.82, 2.24) is 19.7 Å². The van der Waals surface area contributed by atoms with Crippen molar-refractivity contribution in [3.05, 3.63) is 65.6 Å². The minimum absolute atomic E-state index is 0.227. The Morgan fingerprint density at radius 1 is 1.21 bits per heavy atom. The molecule has 9 heteroatoms. The Balaban J connectivity index is 1.70. The summed E-state index contributed by atoms with van der Waals surface area (Å²) in [6, 6.07) is 10.8. The van der Waals surface area contributed by atoms with Crippen LogP contribution in [0.3, 0.4) is 0 Å². The first-order valence-electron chi connectivity index (χ1n) is 11.1. The van der Waals surface area contributed by atoms with E-state index in [2.05, 4.69) is 27.5 Å². The Kier molecular flexibility index (Phi) is 7.29. The van der Waals surface area contributed by atoms with Crippen molar-refractivity contribution in [2.45, 2.75) is 44.8 Å². The molecule has 1 aromatic carbocycles. The lowest BCUT2D eigenvalue weighted by atomic mass is 9.96. The molecule has 0 bridgehead atoms. The van der Waals surface area contributed by atoms with Crippen LogP contribution in [0.5, 0.6) is 5.75 Å². The van der Waals surface area contributed by atoms with E-state index in [9.17, 15) is 4.79 Å². The van der Waals surface area contributed by atoms with Gasteiger partial charge in [-0.2, -0.15) is 4.98 Å². The van der Waals surface area contributed by atoms with Gasteiger partial charge in [0.1, 0.15) is 11.8 Å². The fraction of sp³-hybridized carbons (Fsp3) is 0.333. The van der Waals surface area contributed by atoms with Gasteiger partial charge in [-0.05, 0) is 50.1 Å². The normalized spacial score (nSPS) is 15.1. The highest BCUT2D eigenvalue weighted by atomic mass is 32.2. The fourth-order valence-corrected chi connectivity index (χ4v) is 4.60. The average molecular weight is 465 g/mol. The first-order chi connectivity index (χ1) is 16.1. The summed E-state index contributed by atoms with van der Waals surface area (Å²) in [5, 5.41) is 11.7. The fourth-order valence-electron chi connectivity index (χ4n) is 3.69. The molecule has 172 valence electrons. The van der Waals surface area contributed by atoms with Gasteiger partial charge in [0.05, 0.1) is 17.9 Å². The summed E-state index contributed by atoms with van der Waals surface area (Å²) in [7, 11) is 0. The van der Waals surface area contributed by atoms with E-state index in [1.807, 2.05) is 50.2 Å². The molecule has 1 aliphatic heterocycles. The van der Waals surface area contributed by atoms with E-state index in [4.69, 9.17) is 9.84 Å². The van der Waals surface area contributed by atoms with E-state index < -0.39 is 6.04 Å². The third kappa shape index (κ3) is 5.03. The maximum Gasteiger partial charge on any atom is 0.255 e. The number of unbranched alkanes of at least 4 members (excludes halogenated alkanes) is 1. The van der Waals surface area contributed by atoms with Gasteiger partial charge >= 0.3 is 0 Å². The van der Waals surface area contributed by atoms with E-state index in [1.165, 1.54) is 0 Å². The first kappa shape index (κ1) is 22.8. The molecule has 2 N–H and O–H groups in total. The number of pyridine rings is 1. The number of aromatic nitrogens is 4. The number of anilines is 2. The van der Waals surface area contributed by atoms with E-state index in [0.29, 0.717) is 34.7 Å². The number of thioether (sulfide) groups is 1. The van der Waals surface area contributed by atoms with Crippen molar-refractivity contribution < 1.29 is 9.53 Å². The number of nitrogens with one attached hydrogen (secondary N) is 2. The van der Waals surface area contributed by atoms with Crippen molar-refractivity contribution in [2.75, 3.05) is 23.0 Å². The van der Waals surface area contributed by atoms with Crippen molar-refractivity contribution in [2.24, 2.45) is 0 Å². The van der Waals surface area contributed by atoms with Crippen LogP contribution in [-0.2, 0) is 4.79 Å². The van der Waals surface area contributed by atoms with Gasteiger partial charge in [0.25, 0.3) is 5.91 Å². The second-order valence-corrected chi connectivity index (χ2v) is 8.66. The summed E-state index contributed by atoms with van der Waals surface area (Å²) >= 11 is 1.63. The minimum Gasteiger partial charge on any atom is -0.492 e. The second-order valence-electron chi connectivity index (χ2n) is 7.59. The van der Waals surface area contributed by atoms with Crippen LogP contribution in [0.4, 0.5) is 11.6 Å². The Labute approximate surface area is 197 Å². The van der Waals surface area contributed by atoms with Gasteiger partial charge in [-0.3, -0.25) is 9.78 Å². The number of fused-ring (bicyclic) bond motifs is 1. The lowest BCUT2D eigenvalue weighted by Crippen LogP contribution is -2.31. The zero-order valence-electron chi connectivity index (χ0n) is 19.0. The lowest BCUT2D eigenvalue weighted by Gasteiger charge is -2.28. The molecule has 0 fully saturated rings. The summed E-state index contributed by atoms with van der Waals surface area (Å²) in [5.74, 6) is 1.98. The number of allylic oxidation sites excluding steroid dienone is 1. The molecule has 0 aliphatic carbocycles. The summed E-state index contributed by atoms with van der Waals surface area (Å²) in [6.45, 7) is 6.48. The predicted molar refractivity (Wildman–Crippen MR) is 131 cm³/mol. The Morgan fingerprint density at radius 2 is 2.00 bits per heavy atom. The lowest BCUT2D eigenvalue weighted by molar-refractivity contribution is -0.113. The van der Waals surface area contributed by atoms with E-state index in [0.717, 1.165) is 29.9 Å². The number of nitrogens with zero attached hydrogens (tertiary/aromatic N) is 4. The minimum atomic E-state index is -0.434. The average Bonchev–Trinajstić information content (AvgIpc) is 3.22. The van der Waals surface area contributed by atoms with E-state index >= 15 is 0 Å². The summed E-state index contributed by atoms with van der Waals surface area (Å²) in [5.41, 5.74) is 2.83. The van der Waals surface area contributed by atoms with Gasteiger partial charge in [-0.15, -0.1) is 5.10 Å². The quantitative estimate of drug-likeness (QED) is 0.344. The summed E-state index contributed by atoms with van der Waals surface area (Å²) in [6.07, 6.45) is 5.66. The molecule has 0 saturated carbocycles. The zero-order chi connectivity index (χ0) is 23.2. The van der Waals surface area contributed by atoms with E-state index in [-0.39, 0.29) is 5.91 Å². The third-order valence-electron chi connectivity index (χ3n) is 5.26. The molecule has 1 amide bonds. The maximum absolute atomic E-state index is 13.6. The highest BCUT2D eigenvalue weighted by molar-refractivity contribution is 7.99. The maximum atomic E-state index is 13.6. The molecule has 1 aliphatic rings. The van der Waals surface area contributed by atoms with Crippen LogP contribution in [0, 0.1) is 0 Å². The third-order valence-corrected chi connectivity index (χ3v) is 6.19. The van der Waals surface area contributed by atoms with Crippen LogP contribution >= 0.6 is 11.8 Å². The Morgan fingerprint density at radius 3 is 2.76 bits per heavy atom.